The first-order valence-electron chi connectivity index (χ1n) is 8.09. The average Bonchev–Trinajstić information content (AvgIpc) is 2.97. The molecule has 1 saturated heterocycles. The molecular formula is C17H22N3O5-. The molecule has 0 spiro atoms. The van der Waals surface area contributed by atoms with Crippen LogP contribution in [0.3, 0.4) is 0 Å². The summed E-state index contributed by atoms with van der Waals surface area (Å²) >= 11 is 0. The molecule has 2 heterocycles. The first-order valence-corrected chi connectivity index (χ1v) is 8.09. The van der Waals surface area contributed by atoms with Crippen LogP contribution in [0.4, 0.5) is 4.79 Å². The molecule has 0 saturated carbocycles. The molecule has 8 heteroatoms. The summed E-state index contributed by atoms with van der Waals surface area (Å²) in [5.41, 5.74) is -0.0815. The molecule has 25 heavy (non-hydrogen) atoms. The Morgan fingerprint density at radius 2 is 2.04 bits per heavy atom. The molecule has 0 aliphatic carbocycles. The van der Waals surface area contributed by atoms with Crippen LogP contribution in [0.5, 0.6) is 0 Å². The van der Waals surface area contributed by atoms with E-state index in [-0.39, 0.29) is 13.0 Å². The first-order chi connectivity index (χ1) is 11.7. The van der Waals surface area contributed by atoms with E-state index in [9.17, 15) is 19.5 Å². The van der Waals surface area contributed by atoms with Gasteiger partial charge in [0, 0.05) is 6.20 Å². The minimum atomic E-state index is -1.32. The van der Waals surface area contributed by atoms with Crippen molar-refractivity contribution in [1.29, 1.82) is 0 Å². The second kappa shape index (κ2) is 7.50. The minimum Gasteiger partial charge on any atom is -0.548 e. The second-order valence-electron chi connectivity index (χ2n) is 6.84. The number of ether oxygens (including phenoxy) is 1. The normalized spacial score (nSPS) is 20.2. The predicted molar refractivity (Wildman–Crippen MR) is 86.1 cm³/mol. The topological polar surface area (TPSA) is 112 Å². The van der Waals surface area contributed by atoms with Crippen LogP contribution in [0.1, 0.15) is 45.3 Å². The number of pyridine rings is 1. The van der Waals surface area contributed by atoms with Crippen LogP contribution in [-0.2, 0) is 14.3 Å². The van der Waals surface area contributed by atoms with Gasteiger partial charge in [-0.2, -0.15) is 0 Å². The van der Waals surface area contributed by atoms with Gasteiger partial charge >= 0.3 is 6.09 Å². The van der Waals surface area contributed by atoms with E-state index in [2.05, 4.69) is 10.3 Å². The smallest absolute Gasteiger partial charge is 0.408 e. The maximum Gasteiger partial charge on any atom is 0.408 e. The van der Waals surface area contributed by atoms with E-state index in [1.165, 1.54) is 4.90 Å². The van der Waals surface area contributed by atoms with Crippen molar-refractivity contribution in [2.45, 2.75) is 51.3 Å². The van der Waals surface area contributed by atoms with Crippen LogP contribution in [0.2, 0.25) is 0 Å². The SMILES string of the molecule is CC(C)(C)OC(=O)NCC(=O)N1C(C(=O)[O-])CCC1c1ccccn1. The summed E-state index contributed by atoms with van der Waals surface area (Å²) in [7, 11) is 0. The summed E-state index contributed by atoms with van der Waals surface area (Å²) in [5, 5.41) is 13.7. The van der Waals surface area contributed by atoms with E-state index in [1.807, 2.05) is 0 Å². The monoisotopic (exact) mass is 348 g/mol. The molecular weight excluding hydrogens is 326 g/mol. The van der Waals surface area contributed by atoms with Crippen molar-refractivity contribution in [3.8, 4) is 0 Å². The van der Waals surface area contributed by atoms with Gasteiger partial charge in [-0.05, 0) is 45.7 Å². The zero-order chi connectivity index (χ0) is 18.6. The number of carbonyl (C=O) groups is 3. The summed E-state index contributed by atoms with van der Waals surface area (Å²) in [6, 6.07) is 3.75. The lowest BCUT2D eigenvalue weighted by molar-refractivity contribution is -0.310. The van der Waals surface area contributed by atoms with E-state index in [0.29, 0.717) is 12.1 Å². The molecule has 1 fully saturated rings. The lowest BCUT2D eigenvalue weighted by Gasteiger charge is -2.31. The Balaban J connectivity index is 2.09. The van der Waals surface area contributed by atoms with Crippen LogP contribution in [0.25, 0.3) is 0 Å². The number of aromatic nitrogens is 1. The van der Waals surface area contributed by atoms with E-state index in [1.54, 1.807) is 45.2 Å². The van der Waals surface area contributed by atoms with Crippen LogP contribution in [-0.4, -0.2) is 46.0 Å². The van der Waals surface area contributed by atoms with Crippen molar-refractivity contribution >= 4 is 18.0 Å². The number of likely N-dealkylation sites (tertiary alicyclic amines) is 1. The van der Waals surface area contributed by atoms with Crippen molar-refractivity contribution < 1.29 is 24.2 Å². The van der Waals surface area contributed by atoms with Gasteiger partial charge in [0.2, 0.25) is 5.91 Å². The summed E-state index contributed by atoms with van der Waals surface area (Å²) in [6.07, 6.45) is 1.60. The zero-order valence-electron chi connectivity index (χ0n) is 14.5. The van der Waals surface area contributed by atoms with Gasteiger partial charge in [-0.3, -0.25) is 9.78 Å². The number of nitrogens with one attached hydrogen (secondary N) is 1. The highest BCUT2D eigenvalue weighted by Gasteiger charge is 2.39. The third-order valence-electron chi connectivity index (χ3n) is 3.76. The number of hydrogen-bond donors (Lipinski definition) is 1. The lowest BCUT2D eigenvalue weighted by atomic mass is 10.1. The summed E-state index contributed by atoms with van der Waals surface area (Å²) in [6.45, 7) is 4.76. The van der Waals surface area contributed by atoms with Crippen molar-refractivity contribution in [2.75, 3.05) is 6.54 Å². The number of carboxylic acid groups (broad SMARTS) is 1. The van der Waals surface area contributed by atoms with Gasteiger partial charge in [-0.15, -0.1) is 0 Å². The Kier molecular flexibility index (Phi) is 5.61. The second-order valence-corrected chi connectivity index (χ2v) is 6.84. The van der Waals surface area contributed by atoms with Gasteiger partial charge in [-0.1, -0.05) is 6.07 Å². The van der Waals surface area contributed by atoms with Gasteiger partial charge in [0.1, 0.15) is 12.1 Å². The third-order valence-corrected chi connectivity index (χ3v) is 3.76. The molecule has 2 unspecified atom stereocenters. The van der Waals surface area contributed by atoms with Crippen LogP contribution in [0.15, 0.2) is 24.4 Å². The predicted octanol–water partition coefficient (Wildman–Crippen LogP) is 0.388. The fourth-order valence-electron chi connectivity index (χ4n) is 2.81. The van der Waals surface area contributed by atoms with Gasteiger partial charge in [0.25, 0.3) is 0 Å². The highest BCUT2D eigenvalue weighted by molar-refractivity contribution is 5.87. The molecule has 1 aliphatic heterocycles. The summed E-state index contributed by atoms with van der Waals surface area (Å²) < 4.78 is 5.07. The third kappa shape index (κ3) is 4.91. The molecule has 1 aromatic rings. The van der Waals surface area contributed by atoms with Gasteiger partial charge < -0.3 is 24.9 Å². The highest BCUT2D eigenvalue weighted by atomic mass is 16.6. The quantitative estimate of drug-likeness (QED) is 0.842. The largest absolute Gasteiger partial charge is 0.548 e. The van der Waals surface area contributed by atoms with E-state index in [4.69, 9.17) is 4.74 Å². The molecule has 1 N–H and O–H groups in total. The average molecular weight is 348 g/mol. The Morgan fingerprint density at radius 1 is 1.32 bits per heavy atom. The van der Waals surface area contributed by atoms with Crippen LogP contribution >= 0.6 is 0 Å². The van der Waals surface area contributed by atoms with Gasteiger partial charge in [0.05, 0.1) is 23.7 Å². The Hall–Kier alpha value is -2.64. The Morgan fingerprint density at radius 3 is 2.60 bits per heavy atom. The maximum atomic E-state index is 12.6. The van der Waals surface area contributed by atoms with Crippen molar-refractivity contribution in [2.24, 2.45) is 0 Å². The molecule has 1 aliphatic rings. The molecule has 8 nitrogen and oxygen atoms in total. The van der Waals surface area contributed by atoms with Crippen molar-refractivity contribution in [3.05, 3.63) is 30.1 Å². The summed E-state index contributed by atoms with van der Waals surface area (Å²) in [5.74, 6) is -1.84. The van der Waals surface area contributed by atoms with E-state index >= 15 is 0 Å². The highest BCUT2D eigenvalue weighted by Crippen LogP contribution is 2.34. The number of aliphatic carboxylic acids is 1. The number of amides is 2. The molecule has 2 amide bonds. The Labute approximate surface area is 146 Å². The standard InChI is InChI=1S/C17H23N3O5/c1-17(2,3)25-16(24)19-10-14(21)20-12(7-8-13(20)15(22)23)11-6-4-5-9-18-11/h4-6,9,12-13H,7-8,10H2,1-3H3,(H,19,24)(H,22,23)/p-1. The van der Waals surface area contributed by atoms with Crippen LogP contribution in [0, 0.1) is 0 Å². The fraction of sp³-hybridized carbons (Fsp3) is 0.529. The number of rotatable bonds is 4. The van der Waals surface area contributed by atoms with E-state index < -0.39 is 35.7 Å². The molecule has 0 radical (unpaired) electrons. The zero-order valence-corrected chi connectivity index (χ0v) is 14.5. The molecule has 2 rings (SSSR count). The first kappa shape index (κ1) is 18.7. The molecule has 136 valence electrons. The molecule has 0 aromatic carbocycles. The lowest BCUT2D eigenvalue weighted by Crippen LogP contribution is -2.50. The number of hydrogen-bond acceptors (Lipinski definition) is 6. The fourth-order valence-corrected chi connectivity index (χ4v) is 2.81. The number of carbonyl (C=O) groups excluding carboxylic acids is 3. The van der Waals surface area contributed by atoms with Crippen molar-refractivity contribution in [1.82, 2.24) is 15.2 Å². The maximum absolute atomic E-state index is 12.6. The van der Waals surface area contributed by atoms with Crippen molar-refractivity contribution in [3.63, 3.8) is 0 Å². The number of nitrogens with zero attached hydrogens (tertiary/aromatic N) is 2. The van der Waals surface area contributed by atoms with Gasteiger partial charge in [0.15, 0.2) is 0 Å². The molecule has 2 atom stereocenters. The molecule has 0 bridgehead atoms. The molecule has 1 aromatic heterocycles. The number of alkyl carbamates (subject to hydrolysis) is 1. The van der Waals surface area contributed by atoms with Crippen LogP contribution < -0.4 is 10.4 Å². The van der Waals surface area contributed by atoms with E-state index in [0.717, 1.165) is 0 Å². The summed E-state index contributed by atoms with van der Waals surface area (Å²) in [4.78, 5) is 41.1. The number of carboxylic acids is 1. The Bertz CT molecular complexity index is 641. The minimum absolute atomic E-state index is 0.280. The van der Waals surface area contributed by atoms with Gasteiger partial charge in [-0.25, -0.2) is 4.79 Å².